The summed E-state index contributed by atoms with van der Waals surface area (Å²) in [4.78, 5) is 29.1. The van der Waals surface area contributed by atoms with Crippen molar-refractivity contribution < 1.29 is 4.79 Å². The number of anilines is 3. The van der Waals surface area contributed by atoms with Gasteiger partial charge in [0.25, 0.3) is 5.91 Å². The summed E-state index contributed by atoms with van der Waals surface area (Å²) in [5.74, 6) is 0.489. The van der Waals surface area contributed by atoms with Crippen molar-refractivity contribution in [3.8, 4) is 11.4 Å². The summed E-state index contributed by atoms with van der Waals surface area (Å²) >= 11 is 0. The Morgan fingerprint density at radius 1 is 1.07 bits per heavy atom. The molecule has 154 valence electrons. The monoisotopic (exact) mass is 403 g/mol. The third-order valence-corrected chi connectivity index (χ3v) is 5.73. The van der Waals surface area contributed by atoms with Crippen molar-refractivity contribution in [3.63, 3.8) is 0 Å². The molecule has 2 aliphatic rings. The van der Waals surface area contributed by atoms with E-state index < -0.39 is 0 Å². The predicted molar refractivity (Wildman–Crippen MR) is 117 cm³/mol. The third kappa shape index (κ3) is 3.73. The van der Waals surface area contributed by atoms with E-state index in [1.807, 2.05) is 12.1 Å². The number of nitrogens with one attached hydrogen (secondary N) is 3. The van der Waals surface area contributed by atoms with Gasteiger partial charge in [0, 0.05) is 62.4 Å². The Morgan fingerprint density at radius 3 is 2.63 bits per heavy atom. The van der Waals surface area contributed by atoms with Crippen LogP contribution in [-0.4, -0.2) is 65.5 Å². The maximum Gasteiger partial charge on any atom is 0.253 e. The molecule has 1 amide bonds. The molecule has 0 radical (unpaired) electrons. The van der Waals surface area contributed by atoms with E-state index in [4.69, 9.17) is 0 Å². The van der Waals surface area contributed by atoms with Gasteiger partial charge in [0.15, 0.2) is 0 Å². The molecule has 0 bridgehead atoms. The van der Waals surface area contributed by atoms with Crippen molar-refractivity contribution in [2.75, 3.05) is 50.0 Å². The molecule has 2 aliphatic heterocycles. The van der Waals surface area contributed by atoms with Gasteiger partial charge < -0.3 is 25.4 Å². The number of aromatic nitrogens is 3. The number of fused-ring (bicyclic) bond motifs is 1. The molecule has 0 spiro atoms. The van der Waals surface area contributed by atoms with Crippen molar-refractivity contribution in [2.45, 2.75) is 6.42 Å². The fourth-order valence-electron chi connectivity index (χ4n) is 3.95. The molecular formula is C22H25N7O. The van der Waals surface area contributed by atoms with Gasteiger partial charge in [-0.3, -0.25) is 4.79 Å². The number of benzene rings is 1. The van der Waals surface area contributed by atoms with E-state index in [2.05, 4.69) is 66.7 Å². The average Bonchev–Trinajstić information content (AvgIpc) is 3.21. The van der Waals surface area contributed by atoms with Crippen molar-refractivity contribution in [3.05, 3.63) is 53.9 Å². The lowest BCUT2D eigenvalue weighted by atomic mass is 10.1. The Hall–Kier alpha value is -3.39. The number of amides is 1. The van der Waals surface area contributed by atoms with E-state index in [-0.39, 0.29) is 5.91 Å². The van der Waals surface area contributed by atoms with Crippen molar-refractivity contribution >= 4 is 23.2 Å². The first kappa shape index (κ1) is 18.6. The fraction of sp³-hybridized carbons (Fsp3) is 0.318. The summed E-state index contributed by atoms with van der Waals surface area (Å²) in [6.07, 6.45) is 2.53. The molecule has 30 heavy (non-hydrogen) atoms. The van der Waals surface area contributed by atoms with E-state index in [9.17, 15) is 4.79 Å². The lowest BCUT2D eigenvalue weighted by molar-refractivity contribution is 0.0946. The number of piperazine rings is 1. The molecule has 3 N–H and O–H groups in total. The normalized spacial score (nSPS) is 16.8. The molecule has 2 aromatic heterocycles. The second kappa shape index (κ2) is 7.79. The smallest absolute Gasteiger partial charge is 0.253 e. The third-order valence-electron chi connectivity index (χ3n) is 5.73. The largest absolute Gasteiger partial charge is 0.369 e. The fourth-order valence-corrected chi connectivity index (χ4v) is 3.95. The van der Waals surface area contributed by atoms with E-state index >= 15 is 0 Å². The molecule has 1 fully saturated rings. The SMILES string of the molecule is CN1CCN(c2ccc(Nc3nccc(-c4cc5c([nH]4)CCNC5=O)n3)cc2)CC1. The first-order valence-electron chi connectivity index (χ1n) is 10.3. The quantitative estimate of drug-likeness (QED) is 0.619. The summed E-state index contributed by atoms with van der Waals surface area (Å²) in [6, 6.07) is 12.1. The number of likely N-dealkylation sites (N-methyl/N-ethyl adjacent to an activating group) is 1. The van der Waals surface area contributed by atoms with E-state index in [1.165, 1.54) is 5.69 Å². The van der Waals surface area contributed by atoms with Gasteiger partial charge >= 0.3 is 0 Å². The Morgan fingerprint density at radius 2 is 1.87 bits per heavy atom. The Balaban J connectivity index is 1.31. The molecule has 0 saturated carbocycles. The van der Waals surface area contributed by atoms with Crippen LogP contribution in [0, 0.1) is 0 Å². The molecule has 0 unspecified atom stereocenters. The van der Waals surface area contributed by atoms with Gasteiger partial charge in [-0.1, -0.05) is 0 Å². The van der Waals surface area contributed by atoms with Gasteiger partial charge in [-0.15, -0.1) is 0 Å². The van der Waals surface area contributed by atoms with Crippen LogP contribution >= 0.6 is 0 Å². The van der Waals surface area contributed by atoms with Crippen LogP contribution in [0.3, 0.4) is 0 Å². The Labute approximate surface area is 175 Å². The van der Waals surface area contributed by atoms with Crippen molar-refractivity contribution in [2.24, 2.45) is 0 Å². The van der Waals surface area contributed by atoms with Gasteiger partial charge in [0.1, 0.15) is 0 Å². The zero-order valence-electron chi connectivity index (χ0n) is 17.0. The van der Waals surface area contributed by atoms with Crippen molar-refractivity contribution in [1.29, 1.82) is 0 Å². The number of H-pyrrole nitrogens is 1. The maximum absolute atomic E-state index is 12.0. The van der Waals surface area contributed by atoms with Gasteiger partial charge in [0.2, 0.25) is 5.95 Å². The minimum Gasteiger partial charge on any atom is -0.369 e. The lowest BCUT2D eigenvalue weighted by Crippen LogP contribution is -2.44. The molecule has 3 aromatic rings. The van der Waals surface area contributed by atoms with Gasteiger partial charge in [0.05, 0.1) is 17.0 Å². The summed E-state index contributed by atoms with van der Waals surface area (Å²) in [5.41, 5.74) is 5.41. The number of rotatable bonds is 4. The highest BCUT2D eigenvalue weighted by Gasteiger charge is 2.20. The first-order valence-corrected chi connectivity index (χ1v) is 10.3. The topological polar surface area (TPSA) is 89.2 Å². The zero-order chi connectivity index (χ0) is 20.5. The van der Waals surface area contributed by atoms with Crippen LogP contribution in [0.25, 0.3) is 11.4 Å². The molecule has 5 rings (SSSR count). The van der Waals surface area contributed by atoms with Crippen LogP contribution in [0.1, 0.15) is 16.1 Å². The highest BCUT2D eigenvalue weighted by Crippen LogP contribution is 2.25. The number of nitrogens with zero attached hydrogens (tertiary/aromatic N) is 4. The number of hydrogen-bond acceptors (Lipinski definition) is 6. The van der Waals surface area contributed by atoms with Crippen LogP contribution in [0.2, 0.25) is 0 Å². The Bertz CT molecular complexity index is 1050. The number of hydrogen-bond donors (Lipinski definition) is 3. The van der Waals surface area contributed by atoms with E-state index in [1.54, 1.807) is 6.20 Å². The number of carbonyl (C=O) groups is 1. The van der Waals surface area contributed by atoms with Gasteiger partial charge in [-0.2, -0.15) is 0 Å². The minimum atomic E-state index is -0.0356. The highest BCUT2D eigenvalue weighted by molar-refractivity contribution is 5.97. The Kier molecular flexibility index (Phi) is 4.84. The molecule has 1 saturated heterocycles. The zero-order valence-corrected chi connectivity index (χ0v) is 17.0. The molecule has 1 aromatic carbocycles. The molecule has 0 aliphatic carbocycles. The number of carbonyl (C=O) groups excluding carboxylic acids is 1. The van der Waals surface area contributed by atoms with Crippen molar-refractivity contribution in [1.82, 2.24) is 25.2 Å². The summed E-state index contributed by atoms with van der Waals surface area (Å²) in [6.45, 7) is 4.93. The van der Waals surface area contributed by atoms with E-state index in [0.29, 0.717) is 18.1 Å². The molecular weight excluding hydrogens is 378 g/mol. The minimum absolute atomic E-state index is 0.0356. The number of aromatic amines is 1. The standard InChI is InChI=1S/C22H25N7O/c1-28-10-12-29(13-11-28)16-4-2-15(3-5-16)25-22-24-9-7-19(27-22)20-14-17-18(26-20)6-8-23-21(17)30/h2-5,7,9,14,26H,6,8,10-13H2,1H3,(H,23,30)(H,24,25,27). The highest BCUT2D eigenvalue weighted by atomic mass is 16.1. The second-order valence-corrected chi connectivity index (χ2v) is 7.81. The van der Waals surface area contributed by atoms with Gasteiger partial charge in [-0.05, 0) is 43.4 Å². The molecule has 8 heteroatoms. The van der Waals surface area contributed by atoms with E-state index in [0.717, 1.165) is 55.4 Å². The summed E-state index contributed by atoms with van der Waals surface area (Å²) in [5, 5.41) is 6.15. The predicted octanol–water partition coefficient (Wildman–Crippen LogP) is 2.25. The maximum atomic E-state index is 12.0. The molecule has 0 atom stereocenters. The van der Waals surface area contributed by atoms with Gasteiger partial charge in [-0.25, -0.2) is 9.97 Å². The first-order chi connectivity index (χ1) is 14.7. The molecule has 4 heterocycles. The average molecular weight is 403 g/mol. The lowest BCUT2D eigenvalue weighted by Gasteiger charge is -2.34. The second-order valence-electron chi connectivity index (χ2n) is 7.81. The van der Waals surface area contributed by atoms with Crippen LogP contribution in [0.4, 0.5) is 17.3 Å². The van der Waals surface area contributed by atoms with Crippen LogP contribution in [0.15, 0.2) is 42.6 Å². The van der Waals surface area contributed by atoms with Crippen LogP contribution < -0.4 is 15.5 Å². The van der Waals surface area contributed by atoms with Crippen LogP contribution in [-0.2, 0) is 6.42 Å². The van der Waals surface area contributed by atoms with Crippen LogP contribution in [0.5, 0.6) is 0 Å². The summed E-state index contributed by atoms with van der Waals surface area (Å²) < 4.78 is 0. The molecule has 8 nitrogen and oxygen atoms in total. The summed E-state index contributed by atoms with van der Waals surface area (Å²) in [7, 11) is 2.16.